The molecule has 2 aliphatic rings. The fourth-order valence-electron chi connectivity index (χ4n) is 3.10. The molecule has 0 spiro atoms. The Kier molecular flexibility index (Phi) is 5.01. The van der Waals surface area contributed by atoms with Crippen LogP contribution in [0, 0.1) is 5.92 Å². The van der Waals surface area contributed by atoms with Gasteiger partial charge in [-0.25, -0.2) is 0 Å². The van der Waals surface area contributed by atoms with Crippen molar-refractivity contribution in [3.8, 4) is 0 Å². The van der Waals surface area contributed by atoms with Crippen molar-refractivity contribution in [2.75, 3.05) is 39.8 Å². The Hall–Kier alpha value is -0.610. The molecule has 2 saturated heterocycles. The number of amides is 1. The molecule has 2 heterocycles. The zero-order valence-electron chi connectivity index (χ0n) is 11.8. The van der Waals surface area contributed by atoms with Gasteiger partial charge in [-0.1, -0.05) is 6.92 Å². The molecule has 1 amide bonds. The van der Waals surface area contributed by atoms with Gasteiger partial charge < -0.3 is 10.2 Å². The van der Waals surface area contributed by atoms with E-state index >= 15 is 0 Å². The molecule has 1 N–H and O–H groups in total. The molecule has 0 aromatic rings. The Morgan fingerprint density at radius 3 is 2.61 bits per heavy atom. The molecule has 0 aromatic heterocycles. The fraction of sp³-hybridized carbons (Fsp3) is 0.929. The van der Waals surface area contributed by atoms with Gasteiger partial charge in [0.05, 0.1) is 6.54 Å². The molecule has 0 radical (unpaired) electrons. The number of hydrogen-bond donors (Lipinski definition) is 1. The summed E-state index contributed by atoms with van der Waals surface area (Å²) < 4.78 is 0. The van der Waals surface area contributed by atoms with Crippen LogP contribution in [0.15, 0.2) is 0 Å². The highest BCUT2D eigenvalue weighted by atomic mass is 16.2. The quantitative estimate of drug-likeness (QED) is 0.809. The third kappa shape index (κ3) is 3.45. The van der Waals surface area contributed by atoms with Crippen molar-refractivity contribution in [1.82, 2.24) is 15.1 Å². The lowest BCUT2D eigenvalue weighted by Crippen LogP contribution is -2.46. The lowest BCUT2D eigenvalue weighted by atomic mass is 9.99. The van der Waals surface area contributed by atoms with Crippen LogP contribution in [-0.4, -0.2) is 61.5 Å². The van der Waals surface area contributed by atoms with Crippen molar-refractivity contribution >= 4 is 5.91 Å². The maximum absolute atomic E-state index is 12.3. The molecule has 1 atom stereocenters. The largest absolute Gasteiger partial charge is 0.342 e. The summed E-state index contributed by atoms with van der Waals surface area (Å²) in [6.07, 6.45) is 4.80. The minimum Gasteiger partial charge on any atom is -0.342 e. The van der Waals surface area contributed by atoms with Crippen LogP contribution in [0.4, 0.5) is 0 Å². The summed E-state index contributed by atoms with van der Waals surface area (Å²) in [5, 5.41) is 3.23. The highest BCUT2D eigenvalue weighted by Crippen LogP contribution is 2.19. The van der Waals surface area contributed by atoms with Gasteiger partial charge in [0, 0.05) is 25.7 Å². The zero-order chi connectivity index (χ0) is 13.0. The number of likely N-dealkylation sites (tertiary alicyclic amines) is 2. The standard InChI is InChI=1S/C14H27N3O/c1-12-5-8-16(9-6-12)14(18)11-17-7-3-4-13(17)10-15-2/h12-13,15H,3-11H2,1-2H3. The Bertz CT molecular complexity index is 274. The predicted molar refractivity (Wildman–Crippen MR) is 73.5 cm³/mol. The van der Waals surface area contributed by atoms with Crippen LogP contribution in [0.5, 0.6) is 0 Å². The number of carbonyl (C=O) groups is 1. The highest BCUT2D eigenvalue weighted by Gasteiger charge is 2.28. The first-order valence-electron chi connectivity index (χ1n) is 7.37. The molecule has 4 nitrogen and oxygen atoms in total. The second-order valence-electron chi connectivity index (χ2n) is 5.89. The maximum atomic E-state index is 12.3. The molecule has 0 saturated carbocycles. The minimum atomic E-state index is 0.338. The minimum absolute atomic E-state index is 0.338. The van der Waals surface area contributed by atoms with Gasteiger partial charge in [0.1, 0.15) is 0 Å². The van der Waals surface area contributed by atoms with E-state index in [-0.39, 0.29) is 0 Å². The van der Waals surface area contributed by atoms with Crippen molar-refractivity contribution in [2.24, 2.45) is 5.92 Å². The number of rotatable bonds is 4. The molecule has 18 heavy (non-hydrogen) atoms. The van der Waals surface area contributed by atoms with E-state index in [1.54, 1.807) is 0 Å². The summed E-state index contributed by atoms with van der Waals surface area (Å²) in [5.74, 6) is 1.13. The Morgan fingerprint density at radius 2 is 1.94 bits per heavy atom. The van der Waals surface area contributed by atoms with E-state index in [0.29, 0.717) is 18.5 Å². The van der Waals surface area contributed by atoms with Crippen LogP contribution in [-0.2, 0) is 4.79 Å². The van der Waals surface area contributed by atoms with Gasteiger partial charge in [-0.3, -0.25) is 9.69 Å². The highest BCUT2D eigenvalue weighted by molar-refractivity contribution is 5.78. The lowest BCUT2D eigenvalue weighted by molar-refractivity contribution is -0.133. The van der Waals surface area contributed by atoms with Crippen molar-refractivity contribution in [3.05, 3.63) is 0 Å². The molecule has 0 aromatic carbocycles. The van der Waals surface area contributed by atoms with E-state index in [1.807, 2.05) is 7.05 Å². The smallest absolute Gasteiger partial charge is 0.236 e. The second-order valence-corrected chi connectivity index (χ2v) is 5.89. The summed E-state index contributed by atoms with van der Waals surface area (Å²) in [6.45, 7) is 6.92. The zero-order valence-corrected chi connectivity index (χ0v) is 11.8. The van der Waals surface area contributed by atoms with Gasteiger partial charge in [0.15, 0.2) is 0 Å². The molecule has 0 bridgehead atoms. The van der Waals surface area contributed by atoms with Crippen LogP contribution < -0.4 is 5.32 Å². The fourth-order valence-corrected chi connectivity index (χ4v) is 3.10. The van der Waals surface area contributed by atoms with Crippen LogP contribution in [0.1, 0.15) is 32.6 Å². The van der Waals surface area contributed by atoms with Crippen LogP contribution >= 0.6 is 0 Å². The molecule has 2 fully saturated rings. The van der Waals surface area contributed by atoms with E-state index < -0.39 is 0 Å². The number of piperidine rings is 1. The summed E-state index contributed by atoms with van der Waals surface area (Å²) >= 11 is 0. The molecule has 104 valence electrons. The Balaban J connectivity index is 1.79. The van der Waals surface area contributed by atoms with Gasteiger partial charge in [-0.05, 0) is 45.2 Å². The number of nitrogens with one attached hydrogen (secondary N) is 1. The normalized spacial score (nSPS) is 26.8. The first-order chi connectivity index (χ1) is 8.70. The van der Waals surface area contributed by atoms with Crippen LogP contribution in [0.25, 0.3) is 0 Å². The number of carbonyl (C=O) groups excluding carboxylic acids is 1. The van der Waals surface area contributed by atoms with E-state index in [9.17, 15) is 4.79 Å². The molecular weight excluding hydrogens is 226 g/mol. The average Bonchev–Trinajstić information content (AvgIpc) is 2.78. The van der Waals surface area contributed by atoms with Crippen LogP contribution in [0.2, 0.25) is 0 Å². The van der Waals surface area contributed by atoms with E-state index in [1.165, 1.54) is 25.7 Å². The first kappa shape index (κ1) is 13.8. The van der Waals surface area contributed by atoms with E-state index in [2.05, 4.69) is 22.0 Å². The lowest BCUT2D eigenvalue weighted by Gasteiger charge is -2.32. The topological polar surface area (TPSA) is 35.6 Å². The van der Waals surface area contributed by atoms with Gasteiger partial charge in [0.2, 0.25) is 5.91 Å². The van der Waals surface area contributed by atoms with Gasteiger partial charge >= 0.3 is 0 Å². The van der Waals surface area contributed by atoms with E-state index in [4.69, 9.17) is 0 Å². The summed E-state index contributed by atoms with van der Waals surface area (Å²) in [6, 6.07) is 0.558. The average molecular weight is 253 g/mol. The maximum Gasteiger partial charge on any atom is 0.236 e. The number of hydrogen-bond acceptors (Lipinski definition) is 3. The Labute approximate surface area is 111 Å². The number of nitrogens with zero attached hydrogens (tertiary/aromatic N) is 2. The summed E-state index contributed by atoms with van der Waals surface area (Å²) in [7, 11) is 1.99. The third-order valence-electron chi connectivity index (χ3n) is 4.41. The van der Waals surface area contributed by atoms with E-state index in [0.717, 1.165) is 32.1 Å². The van der Waals surface area contributed by atoms with Crippen molar-refractivity contribution in [3.63, 3.8) is 0 Å². The monoisotopic (exact) mass is 253 g/mol. The number of likely N-dealkylation sites (N-methyl/N-ethyl adjacent to an activating group) is 1. The van der Waals surface area contributed by atoms with Crippen LogP contribution in [0.3, 0.4) is 0 Å². The molecule has 2 aliphatic heterocycles. The predicted octanol–water partition coefficient (Wildman–Crippen LogP) is 0.929. The second kappa shape index (κ2) is 6.53. The molecule has 1 unspecified atom stereocenters. The van der Waals surface area contributed by atoms with Gasteiger partial charge in [0.25, 0.3) is 0 Å². The van der Waals surface area contributed by atoms with Gasteiger partial charge in [-0.15, -0.1) is 0 Å². The Morgan fingerprint density at radius 1 is 1.22 bits per heavy atom. The molecular formula is C14H27N3O. The van der Waals surface area contributed by atoms with Crippen molar-refractivity contribution in [1.29, 1.82) is 0 Å². The van der Waals surface area contributed by atoms with Gasteiger partial charge in [-0.2, -0.15) is 0 Å². The molecule has 4 heteroatoms. The molecule has 0 aliphatic carbocycles. The van der Waals surface area contributed by atoms with Crippen molar-refractivity contribution in [2.45, 2.75) is 38.6 Å². The SMILES string of the molecule is CNCC1CCCN1CC(=O)N1CCC(C)CC1. The summed E-state index contributed by atoms with van der Waals surface area (Å²) in [5.41, 5.74) is 0. The van der Waals surface area contributed by atoms with Crippen molar-refractivity contribution < 1.29 is 4.79 Å². The molecule has 2 rings (SSSR count). The first-order valence-corrected chi connectivity index (χ1v) is 7.37. The summed E-state index contributed by atoms with van der Waals surface area (Å²) in [4.78, 5) is 16.7. The third-order valence-corrected chi connectivity index (χ3v) is 4.41.